The summed E-state index contributed by atoms with van der Waals surface area (Å²) in [6.45, 7) is 7.12. The maximum Gasteiger partial charge on any atom is 0.335 e. The molecule has 1 saturated heterocycles. The lowest BCUT2D eigenvalue weighted by Crippen LogP contribution is -2.51. The van der Waals surface area contributed by atoms with E-state index in [0.29, 0.717) is 51.2 Å². The van der Waals surface area contributed by atoms with Gasteiger partial charge in [-0.2, -0.15) is 0 Å². The Hall–Kier alpha value is -2.65. The Bertz CT molecular complexity index is 748. The maximum atomic E-state index is 12.2. The molecule has 0 aromatic carbocycles. The highest BCUT2D eigenvalue weighted by Crippen LogP contribution is 2.12. The van der Waals surface area contributed by atoms with E-state index in [2.05, 4.69) is 10.6 Å². The zero-order valence-corrected chi connectivity index (χ0v) is 22.8. The lowest BCUT2D eigenvalue weighted by atomic mass is 10.0. The number of hydrogen-bond donors (Lipinski definition) is 2. The van der Waals surface area contributed by atoms with Gasteiger partial charge in [-0.25, -0.2) is 4.79 Å². The fourth-order valence-electron chi connectivity index (χ4n) is 3.18. The van der Waals surface area contributed by atoms with Gasteiger partial charge in [-0.05, 0) is 13.0 Å². The van der Waals surface area contributed by atoms with E-state index >= 15 is 0 Å². The van der Waals surface area contributed by atoms with Crippen LogP contribution in [0.1, 0.15) is 33.1 Å². The highest BCUT2D eigenvalue weighted by Gasteiger charge is 2.32. The Morgan fingerprint density at radius 3 is 1.87 bits per heavy atom. The third-order valence-corrected chi connectivity index (χ3v) is 5.31. The van der Waals surface area contributed by atoms with Crippen LogP contribution >= 0.6 is 0 Å². The van der Waals surface area contributed by atoms with Crippen LogP contribution in [0, 0.1) is 5.92 Å². The summed E-state index contributed by atoms with van der Waals surface area (Å²) < 4.78 is 21.5. The van der Waals surface area contributed by atoms with Crippen molar-refractivity contribution in [3.8, 4) is 0 Å². The Kier molecular flexibility index (Phi) is 17.1. The van der Waals surface area contributed by atoms with Crippen molar-refractivity contribution in [2.75, 3.05) is 80.0 Å². The number of hydroxylamine groups is 2. The molecule has 1 fully saturated rings. The smallest absolute Gasteiger partial charge is 0.335 e. The van der Waals surface area contributed by atoms with E-state index < -0.39 is 23.8 Å². The number of hydrogen-bond acceptors (Lipinski definition) is 11. The van der Waals surface area contributed by atoms with Crippen LogP contribution in [0.3, 0.4) is 0 Å². The monoisotopic (exact) mass is 546 g/mol. The molecule has 1 atom stereocenters. The summed E-state index contributed by atoms with van der Waals surface area (Å²) in [6.07, 6.45) is 0.0232. The summed E-state index contributed by atoms with van der Waals surface area (Å²) in [4.78, 5) is 64.9. The van der Waals surface area contributed by atoms with Crippen molar-refractivity contribution in [1.82, 2.24) is 20.6 Å². The van der Waals surface area contributed by atoms with Crippen LogP contribution < -0.4 is 10.6 Å². The Morgan fingerprint density at radius 2 is 1.37 bits per heavy atom. The minimum atomic E-state index is -0.708. The molecule has 1 rings (SSSR count). The first-order valence-electron chi connectivity index (χ1n) is 12.7. The molecule has 38 heavy (non-hydrogen) atoms. The van der Waals surface area contributed by atoms with Crippen molar-refractivity contribution in [1.29, 1.82) is 0 Å². The van der Waals surface area contributed by atoms with Gasteiger partial charge in [0.2, 0.25) is 11.8 Å². The van der Waals surface area contributed by atoms with E-state index in [9.17, 15) is 24.0 Å². The van der Waals surface area contributed by atoms with Crippen molar-refractivity contribution in [2.24, 2.45) is 5.92 Å². The average molecular weight is 547 g/mol. The van der Waals surface area contributed by atoms with E-state index in [0.717, 1.165) is 0 Å². The fourth-order valence-corrected chi connectivity index (χ4v) is 3.18. The number of nitrogens with zero attached hydrogens (tertiary/aromatic N) is 2. The van der Waals surface area contributed by atoms with Crippen LogP contribution in [-0.2, 0) is 47.8 Å². The van der Waals surface area contributed by atoms with Crippen LogP contribution in [0.25, 0.3) is 0 Å². The van der Waals surface area contributed by atoms with Gasteiger partial charge in [0.25, 0.3) is 11.8 Å². The van der Waals surface area contributed by atoms with E-state index in [4.69, 9.17) is 23.8 Å². The van der Waals surface area contributed by atoms with Gasteiger partial charge in [-0.1, -0.05) is 13.8 Å². The highest BCUT2D eigenvalue weighted by molar-refractivity contribution is 6.01. The molecule has 4 amide bonds. The first-order chi connectivity index (χ1) is 18.1. The lowest BCUT2D eigenvalue weighted by Gasteiger charge is -2.22. The first-order valence-corrected chi connectivity index (χ1v) is 12.7. The van der Waals surface area contributed by atoms with E-state index in [-0.39, 0.29) is 56.8 Å². The summed E-state index contributed by atoms with van der Waals surface area (Å²) in [6, 6.07) is -0.566. The van der Waals surface area contributed by atoms with Crippen LogP contribution in [0.15, 0.2) is 0 Å². The molecule has 2 N–H and O–H groups in total. The summed E-state index contributed by atoms with van der Waals surface area (Å²) in [7, 11) is 3.34. The Morgan fingerprint density at radius 1 is 0.868 bits per heavy atom. The molecule has 0 aromatic heterocycles. The second kappa shape index (κ2) is 19.4. The summed E-state index contributed by atoms with van der Waals surface area (Å²) in [5.41, 5.74) is 0. The normalized spacial score (nSPS) is 14.3. The molecule has 0 radical (unpaired) electrons. The molecule has 0 spiro atoms. The molecule has 1 heterocycles. The quantitative estimate of drug-likeness (QED) is 0.132. The van der Waals surface area contributed by atoms with E-state index in [1.165, 1.54) is 0 Å². The van der Waals surface area contributed by atoms with E-state index in [1.54, 1.807) is 14.1 Å². The minimum absolute atomic E-state index is 0.0158. The first kappa shape index (κ1) is 33.4. The molecule has 1 aliphatic heterocycles. The predicted molar refractivity (Wildman–Crippen MR) is 133 cm³/mol. The molecule has 218 valence electrons. The number of amides is 4. The van der Waals surface area contributed by atoms with Gasteiger partial charge in [-0.3, -0.25) is 24.1 Å². The van der Waals surface area contributed by atoms with Gasteiger partial charge in [0.05, 0.1) is 65.8 Å². The van der Waals surface area contributed by atoms with Crippen LogP contribution in [0.5, 0.6) is 0 Å². The van der Waals surface area contributed by atoms with Crippen molar-refractivity contribution < 1.29 is 47.8 Å². The van der Waals surface area contributed by atoms with Crippen molar-refractivity contribution >= 4 is 29.6 Å². The third kappa shape index (κ3) is 14.3. The standard InChI is InChI=1S/C24H42N4O10/c1-18(2)23(24(33)25-3)26-19(29)17-27(4)8-10-35-12-14-37-16-15-36-13-11-34-9-7-22(32)38-28-20(30)5-6-21(28)31/h18,23H,5-17H2,1-4H3,(H,25,33)(H,26,29)/t23-/m0/s1. The van der Waals surface area contributed by atoms with Crippen molar-refractivity contribution in [3.05, 3.63) is 0 Å². The highest BCUT2D eigenvalue weighted by atomic mass is 16.7. The largest absolute Gasteiger partial charge is 0.378 e. The molecule has 14 heteroatoms. The third-order valence-electron chi connectivity index (χ3n) is 5.31. The average Bonchev–Trinajstić information content (AvgIpc) is 3.18. The van der Waals surface area contributed by atoms with Crippen LogP contribution in [0.2, 0.25) is 0 Å². The molecule has 0 saturated carbocycles. The topological polar surface area (TPSA) is 162 Å². The number of rotatable bonds is 21. The fraction of sp³-hybridized carbons (Fsp3) is 0.792. The molecule has 0 bridgehead atoms. The minimum Gasteiger partial charge on any atom is -0.378 e. The van der Waals surface area contributed by atoms with Crippen LogP contribution in [0.4, 0.5) is 0 Å². The van der Waals surface area contributed by atoms with Crippen LogP contribution in [-0.4, -0.2) is 126 Å². The number of likely N-dealkylation sites (N-methyl/N-ethyl adjacent to an activating group) is 2. The van der Waals surface area contributed by atoms with Gasteiger partial charge in [0, 0.05) is 26.4 Å². The number of carbonyl (C=O) groups is 5. The van der Waals surface area contributed by atoms with Gasteiger partial charge >= 0.3 is 5.97 Å². The van der Waals surface area contributed by atoms with Gasteiger partial charge < -0.3 is 34.4 Å². The summed E-state index contributed by atoms with van der Waals surface area (Å²) in [5.74, 6) is -2.20. The molecule has 14 nitrogen and oxygen atoms in total. The maximum absolute atomic E-state index is 12.2. The van der Waals surface area contributed by atoms with Gasteiger partial charge in [0.15, 0.2) is 0 Å². The second-order valence-corrected chi connectivity index (χ2v) is 8.89. The number of nitrogens with one attached hydrogen (secondary N) is 2. The molecular weight excluding hydrogens is 504 g/mol. The number of carbonyl (C=O) groups excluding carboxylic acids is 5. The zero-order valence-electron chi connectivity index (χ0n) is 22.8. The van der Waals surface area contributed by atoms with Crippen molar-refractivity contribution in [2.45, 2.75) is 39.2 Å². The number of imide groups is 1. The van der Waals surface area contributed by atoms with E-state index in [1.807, 2.05) is 18.7 Å². The predicted octanol–water partition coefficient (Wildman–Crippen LogP) is -1.13. The summed E-state index contributed by atoms with van der Waals surface area (Å²) >= 11 is 0. The lowest BCUT2D eigenvalue weighted by molar-refractivity contribution is -0.198. The second-order valence-electron chi connectivity index (χ2n) is 8.89. The van der Waals surface area contributed by atoms with Gasteiger partial charge in [0.1, 0.15) is 6.04 Å². The molecule has 0 unspecified atom stereocenters. The molecular formula is C24H42N4O10. The summed E-state index contributed by atoms with van der Waals surface area (Å²) in [5, 5.41) is 5.82. The van der Waals surface area contributed by atoms with Crippen molar-refractivity contribution in [3.63, 3.8) is 0 Å². The Balaban J connectivity index is 1.91. The molecule has 1 aliphatic rings. The SMILES string of the molecule is CNC(=O)[C@@H](NC(=O)CN(C)CCOCCOCCOCCOCCC(=O)ON1C(=O)CCC1=O)C(C)C. The molecule has 0 aliphatic carbocycles. The number of ether oxygens (including phenoxy) is 4. The zero-order chi connectivity index (χ0) is 28.3. The Labute approximate surface area is 223 Å². The van der Waals surface area contributed by atoms with Gasteiger partial charge in [-0.15, -0.1) is 5.06 Å². The molecule has 0 aromatic rings.